The molecule has 0 unspecified atom stereocenters. The third-order valence-corrected chi connectivity index (χ3v) is 5.21. The van der Waals surface area contributed by atoms with Gasteiger partial charge >= 0.3 is 0 Å². The van der Waals surface area contributed by atoms with Crippen LogP contribution in [0.25, 0.3) is 0 Å². The van der Waals surface area contributed by atoms with Gasteiger partial charge in [-0.05, 0) is 11.8 Å². The maximum atomic E-state index is 2.42. The van der Waals surface area contributed by atoms with Crippen LogP contribution >= 0.6 is 0 Å². The average molecular weight is 196 g/mol. The van der Waals surface area contributed by atoms with Crippen LogP contribution in [0.3, 0.4) is 0 Å². The lowest BCUT2D eigenvalue weighted by molar-refractivity contribution is 0.405. The van der Waals surface area contributed by atoms with Crippen molar-refractivity contribution in [2.45, 2.75) is 72.8 Å². The first-order chi connectivity index (χ1) is 6.04. The lowest BCUT2D eigenvalue weighted by atomic mass is 9.21. The number of rotatable bonds is 4. The highest BCUT2D eigenvalue weighted by atomic mass is 14.3. The van der Waals surface area contributed by atoms with Crippen LogP contribution in [0.15, 0.2) is 0 Å². The van der Waals surface area contributed by atoms with Gasteiger partial charge in [0.15, 0.2) is 0 Å². The van der Waals surface area contributed by atoms with E-state index in [1.54, 1.807) is 0 Å². The van der Waals surface area contributed by atoms with E-state index in [1.165, 1.54) is 0 Å². The molecule has 0 saturated heterocycles. The van der Waals surface area contributed by atoms with E-state index in [1.807, 2.05) is 0 Å². The van der Waals surface area contributed by atoms with Crippen molar-refractivity contribution in [1.82, 2.24) is 0 Å². The maximum absolute atomic E-state index is 2.42. The molecule has 0 N–H and O–H groups in total. The Hall–Kier alpha value is 0.0649. The minimum atomic E-state index is 0.424. The average Bonchev–Trinajstić information content (AvgIpc) is 2.02. The Morgan fingerprint density at radius 1 is 0.714 bits per heavy atom. The number of hydrogen-bond donors (Lipinski definition) is 0. The van der Waals surface area contributed by atoms with Crippen molar-refractivity contribution in [1.29, 1.82) is 0 Å². The zero-order valence-corrected chi connectivity index (χ0v) is 11.7. The van der Waals surface area contributed by atoms with Crippen molar-refractivity contribution in [2.24, 2.45) is 11.8 Å². The summed E-state index contributed by atoms with van der Waals surface area (Å²) in [5.74, 6) is 1.49. The van der Waals surface area contributed by atoms with Gasteiger partial charge in [-0.2, -0.15) is 0 Å². The fraction of sp³-hybridized carbons (Fsp3) is 1.00. The predicted molar refractivity (Wildman–Crippen MR) is 69.4 cm³/mol. The quantitative estimate of drug-likeness (QED) is 0.556. The first-order valence-electron chi connectivity index (χ1n) is 6.04. The second-order valence-corrected chi connectivity index (χ2v) is 6.67. The molecule has 0 nitrogen and oxygen atoms in total. The summed E-state index contributed by atoms with van der Waals surface area (Å²) >= 11 is 0. The molecule has 0 bridgehead atoms. The first kappa shape index (κ1) is 14.1. The zero-order valence-electron chi connectivity index (χ0n) is 11.7. The summed E-state index contributed by atoms with van der Waals surface area (Å²) in [7, 11) is 0. The van der Waals surface area contributed by atoms with Crippen LogP contribution in [0.2, 0.25) is 17.5 Å². The smallest absolute Gasteiger partial charge is 0.0852 e. The minimum Gasteiger partial charge on any atom is -0.0852 e. The molecule has 0 spiro atoms. The van der Waals surface area contributed by atoms with Gasteiger partial charge in [0.05, 0.1) is 0 Å². The summed E-state index contributed by atoms with van der Waals surface area (Å²) in [4.78, 5) is 0. The van der Waals surface area contributed by atoms with E-state index < -0.39 is 0 Å². The molecule has 0 aliphatic heterocycles. The summed E-state index contributed by atoms with van der Waals surface area (Å²) < 4.78 is 0. The molecule has 0 aromatic rings. The predicted octanol–water partition coefficient (Wildman–Crippen LogP) is 4.98. The molecule has 0 aromatic carbocycles. The summed E-state index contributed by atoms with van der Waals surface area (Å²) in [5, 5.41) is 0.849. The lowest BCUT2D eigenvalue weighted by Gasteiger charge is -2.45. The van der Waals surface area contributed by atoms with Crippen LogP contribution in [0.1, 0.15) is 55.4 Å². The zero-order chi connectivity index (χ0) is 11.7. The highest BCUT2D eigenvalue weighted by molar-refractivity contribution is 6.64. The molecule has 0 saturated carbocycles. The SMILES string of the molecule is CB(C(C)(C)C(C)C)C(C)(C)C(C)C. The Bertz CT molecular complexity index is 158. The molecule has 84 valence electrons. The van der Waals surface area contributed by atoms with Crippen LogP contribution in [0, 0.1) is 11.8 Å². The van der Waals surface area contributed by atoms with Crippen molar-refractivity contribution < 1.29 is 0 Å². The van der Waals surface area contributed by atoms with Gasteiger partial charge in [-0.3, -0.25) is 0 Å². The van der Waals surface area contributed by atoms with Crippen molar-refractivity contribution in [3.05, 3.63) is 0 Å². The summed E-state index contributed by atoms with van der Waals surface area (Å²) in [6, 6.07) is 0. The van der Waals surface area contributed by atoms with E-state index >= 15 is 0 Å². The van der Waals surface area contributed by atoms with Gasteiger partial charge in [0.1, 0.15) is 6.71 Å². The maximum Gasteiger partial charge on any atom is 0.149 e. The van der Waals surface area contributed by atoms with E-state index in [2.05, 4.69) is 62.2 Å². The Morgan fingerprint density at radius 3 is 1.07 bits per heavy atom. The molecule has 0 aliphatic rings. The molecule has 0 amide bonds. The van der Waals surface area contributed by atoms with Crippen LogP contribution in [0.4, 0.5) is 0 Å². The topological polar surface area (TPSA) is 0 Å². The van der Waals surface area contributed by atoms with Crippen LogP contribution < -0.4 is 0 Å². The van der Waals surface area contributed by atoms with E-state index in [4.69, 9.17) is 0 Å². The van der Waals surface area contributed by atoms with E-state index in [0.29, 0.717) is 10.6 Å². The van der Waals surface area contributed by atoms with Gasteiger partial charge in [-0.1, -0.05) is 72.8 Å². The lowest BCUT2D eigenvalue weighted by Crippen LogP contribution is -2.40. The van der Waals surface area contributed by atoms with Gasteiger partial charge in [-0.25, -0.2) is 0 Å². The molecular weight excluding hydrogens is 167 g/mol. The Kier molecular flexibility index (Phi) is 4.31. The van der Waals surface area contributed by atoms with E-state index in [-0.39, 0.29) is 0 Å². The first-order valence-corrected chi connectivity index (χ1v) is 6.04. The van der Waals surface area contributed by atoms with Crippen molar-refractivity contribution >= 4 is 6.71 Å². The van der Waals surface area contributed by atoms with Gasteiger partial charge in [0.25, 0.3) is 0 Å². The molecule has 0 fully saturated rings. The van der Waals surface area contributed by atoms with E-state index in [0.717, 1.165) is 18.5 Å². The second kappa shape index (κ2) is 4.29. The standard InChI is InChI=1S/C13H29B/c1-10(2)12(5,6)14(9)13(7,8)11(3)4/h10-11H,1-9H3. The normalized spacial score (nSPS) is 13.9. The van der Waals surface area contributed by atoms with Crippen LogP contribution in [-0.4, -0.2) is 6.71 Å². The second-order valence-electron chi connectivity index (χ2n) is 6.67. The molecule has 0 aliphatic carbocycles. The monoisotopic (exact) mass is 196 g/mol. The molecule has 0 radical (unpaired) electrons. The molecule has 0 heterocycles. The highest BCUT2D eigenvalue weighted by Crippen LogP contribution is 2.50. The van der Waals surface area contributed by atoms with Gasteiger partial charge in [0, 0.05) is 0 Å². The van der Waals surface area contributed by atoms with Gasteiger partial charge < -0.3 is 0 Å². The molecular formula is C13H29B. The fourth-order valence-electron chi connectivity index (χ4n) is 1.96. The highest BCUT2D eigenvalue weighted by Gasteiger charge is 2.43. The molecule has 0 aromatic heterocycles. The molecule has 0 rings (SSSR count). The Labute approximate surface area is 91.9 Å². The summed E-state index contributed by atoms with van der Waals surface area (Å²) in [6.45, 7) is 22.2. The molecule has 14 heavy (non-hydrogen) atoms. The Morgan fingerprint density at radius 2 is 0.929 bits per heavy atom. The molecule has 0 atom stereocenters. The fourth-order valence-corrected chi connectivity index (χ4v) is 1.96. The largest absolute Gasteiger partial charge is 0.149 e. The minimum absolute atomic E-state index is 0.424. The summed E-state index contributed by atoms with van der Waals surface area (Å²) in [6.07, 6.45) is 0. The van der Waals surface area contributed by atoms with E-state index in [9.17, 15) is 0 Å². The van der Waals surface area contributed by atoms with Crippen molar-refractivity contribution in [3.63, 3.8) is 0 Å². The Balaban J connectivity index is 4.85. The third kappa shape index (κ3) is 2.55. The van der Waals surface area contributed by atoms with Crippen LogP contribution in [-0.2, 0) is 0 Å². The van der Waals surface area contributed by atoms with Crippen molar-refractivity contribution in [2.75, 3.05) is 0 Å². The number of hydrogen-bond acceptors (Lipinski definition) is 0. The van der Waals surface area contributed by atoms with Gasteiger partial charge in [0.2, 0.25) is 0 Å². The van der Waals surface area contributed by atoms with Crippen molar-refractivity contribution in [3.8, 4) is 0 Å². The third-order valence-electron chi connectivity index (χ3n) is 5.21. The molecule has 1 heteroatoms. The summed E-state index contributed by atoms with van der Waals surface area (Å²) in [5.41, 5.74) is 0. The van der Waals surface area contributed by atoms with Crippen LogP contribution in [0.5, 0.6) is 0 Å². The van der Waals surface area contributed by atoms with Gasteiger partial charge in [-0.15, -0.1) is 0 Å².